The van der Waals surface area contributed by atoms with Crippen LogP contribution < -0.4 is 8.37 Å². The summed E-state index contributed by atoms with van der Waals surface area (Å²) in [5.41, 5.74) is 0.121. The molecule has 0 spiro atoms. The number of hydrogen-bond acceptors (Lipinski definition) is 9. The van der Waals surface area contributed by atoms with E-state index in [9.17, 15) is 31.8 Å². The molecule has 0 aliphatic carbocycles. The molecule has 2 rings (SSSR count). The maximum absolute atomic E-state index is 12.2. The number of aromatic hydroxyl groups is 2. The van der Waals surface area contributed by atoms with Crippen LogP contribution in [0.15, 0.2) is 36.4 Å². The van der Waals surface area contributed by atoms with Crippen LogP contribution >= 0.6 is 0 Å². The number of phenolic OH excluding ortho intramolecular Hbond substituents is 2. The molecule has 11 nitrogen and oxygen atoms in total. The number of carbonyl (C=O) groups excluding carboxylic acids is 1. The molecule has 0 fully saturated rings. The van der Waals surface area contributed by atoms with Crippen molar-refractivity contribution in [2.24, 2.45) is 0 Å². The molecule has 0 saturated heterocycles. The van der Waals surface area contributed by atoms with Gasteiger partial charge < -0.3 is 18.6 Å². The number of hydrogen-bond donors (Lipinski definition) is 4. The Morgan fingerprint density at radius 3 is 1.75 bits per heavy atom. The number of ketones is 1. The molecule has 2 aromatic rings. The highest BCUT2D eigenvalue weighted by atomic mass is 32.3. The first-order valence-electron chi connectivity index (χ1n) is 7.36. The van der Waals surface area contributed by atoms with Crippen LogP contribution in [0.2, 0.25) is 0 Å². The number of Topliss-reactive ketones (excluding diaryl/α,β-unsaturated/α-hetero) is 1. The molecule has 4 N–H and O–H groups in total. The molecular formula is C15H14O11S2. The lowest BCUT2D eigenvalue weighted by atomic mass is 10.0. The molecule has 0 aliphatic rings. The average molecular weight is 434 g/mol. The molecule has 0 radical (unpaired) electrons. The number of aryl methyl sites for hydroxylation is 1. The van der Waals surface area contributed by atoms with Crippen molar-refractivity contribution in [3.63, 3.8) is 0 Å². The summed E-state index contributed by atoms with van der Waals surface area (Å²) in [6.45, 7) is 0. The van der Waals surface area contributed by atoms with E-state index >= 15 is 0 Å². The molecule has 152 valence electrons. The first-order chi connectivity index (χ1) is 12.8. The number of benzene rings is 2. The number of phenols is 2. The van der Waals surface area contributed by atoms with Gasteiger partial charge in [0.25, 0.3) is 0 Å². The minimum absolute atomic E-state index is 0.137. The van der Waals surface area contributed by atoms with Crippen LogP contribution in [0.5, 0.6) is 23.0 Å². The zero-order valence-corrected chi connectivity index (χ0v) is 15.5. The third-order valence-electron chi connectivity index (χ3n) is 3.32. The average Bonchev–Trinajstić information content (AvgIpc) is 2.50. The van der Waals surface area contributed by atoms with Gasteiger partial charge >= 0.3 is 20.8 Å². The summed E-state index contributed by atoms with van der Waals surface area (Å²) < 4.78 is 68.0. The topological polar surface area (TPSA) is 185 Å². The fourth-order valence-electron chi connectivity index (χ4n) is 2.26. The number of rotatable bonds is 8. The predicted octanol–water partition coefficient (Wildman–Crippen LogP) is 1.28. The van der Waals surface area contributed by atoms with E-state index in [1.807, 2.05) is 0 Å². The highest BCUT2D eigenvalue weighted by Crippen LogP contribution is 2.34. The minimum Gasteiger partial charge on any atom is -0.507 e. The van der Waals surface area contributed by atoms with Crippen LogP contribution in [0, 0.1) is 0 Å². The van der Waals surface area contributed by atoms with Crippen LogP contribution in [-0.4, -0.2) is 41.9 Å². The van der Waals surface area contributed by atoms with Gasteiger partial charge in [0.15, 0.2) is 11.5 Å². The second-order valence-electron chi connectivity index (χ2n) is 5.43. The van der Waals surface area contributed by atoms with Gasteiger partial charge in [-0.05, 0) is 24.1 Å². The summed E-state index contributed by atoms with van der Waals surface area (Å²) in [6, 6.07) is 6.87. The molecule has 0 aliphatic heterocycles. The zero-order valence-electron chi connectivity index (χ0n) is 13.8. The Hall–Kier alpha value is -2.87. The largest absolute Gasteiger partial charge is 0.507 e. The second kappa shape index (κ2) is 8.02. The molecule has 0 saturated carbocycles. The zero-order chi connectivity index (χ0) is 21.1. The van der Waals surface area contributed by atoms with Crippen LogP contribution in [0.1, 0.15) is 22.3 Å². The summed E-state index contributed by atoms with van der Waals surface area (Å²) in [6.07, 6.45) is -0.0226. The fourth-order valence-corrected chi connectivity index (χ4v) is 2.95. The molecule has 0 amide bonds. The smallest absolute Gasteiger partial charge is 0.446 e. The van der Waals surface area contributed by atoms with Gasteiger partial charge in [-0.15, -0.1) is 0 Å². The van der Waals surface area contributed by atoms with Crippen molar-refractivity contribution >= 4 is 26.6 Å². The maximum atomic E-state index is 12.2. The third kappa shape index (κ3) is 6.38. The van der Waals surface area contributed by atoms with Crippen molar-refractivity contribution in [3.05, 3.63) is 47.5 Å². The monoisotopic (exact) mass is 434 g/mol. The summed E-state index contributed by atoms with van der Waals surface area (Å²) in [5.74, 6) is -2.90. The Labute approximate surface area is 159 Å². The van der Waals surface area contributed by atoms with Crippen LogP contribution in [0.25, 0.3) is 0 Å². The van der Waals surface area contributed by atoms with Gasteiger partial charge in [0.05, 0.1) is 0 Å². The summed E-state index contributed by atoms with van der Waals surface area (Å²) in [7, 11) is -9.53. The highest BCUT2D eigenvalue weighted by Gasteiger charge is 2.20. The molecule has 0 bridgehead atoms. The Morgan fingerprint density at radius 2 is 1.29 bits per heavy atom. The Balaban J connectivity index is 2.09. The molecule has 2 aromatic carbocycles. The van der Waals surface area contributed by atoms with E-state index in [1.54, 1.807) is 0 Å². The molecule has 0 unspecified atom stereocenters. The van der Waals surface area contributed by atoms with E-state index in [0.29, 0.717) is 5.56 Å². The van der Waals surface area contributed by atoms with E-state index in [0.717, 1.165) is 12.1 Å². The van der Waals surface area contributed by atoms with E-state index in [4.69, 9.17) is 9.11 Å². The van der Waals surface area contributed by atoms with Gasteiger partial charge in [-0.1, -0.05) is 12.1 Å². The van der Waals surface area contributed by atoms with Crippen LogP contribution in [0.3, 0.4) is 0 Å². The van der Waals surface area contributed by atoms with Gasteiger partial charge in [-0.25, -0.2) is 0 Å². The second-order valence-corrected chi connectivity index (χ2v) is 7.47. The Kier molecular flexibility index (Phi) is 6.14. The number of carbonyl (C=O) groups is 1. The Morgan fingerprint density at radius 1 is 0.821 bits per heavy atom. The molecule has 0 atom stereocenters. The first kappa shape index (κ1) is 21.4. The van der Waals surface area contributed by atoms with E-state index in [1.165, 1.54) is 24.3 Å². The summed E-state index contributed by atoms with van der Waals surface area (Å²) in [4.78, 5) is 12.2. The maximum Gasteiger partial charge on any atom is 0.446 e. The van der Waals surface area contributed by atoms with E-state index in [-0.39, 0.29) is 18.6 Å². The van der Waals surface area contributed by atoms with Gasteiger partial charge in [0, 0.05) is 18.6 Å². The van der Waals surface area contributed by atoms with Crippen LogP contribution in [-0.2, 0) is 27.2 Å². The summed E-state index contributed by atoms with van der Waals surface area (Å²) in [5, 5.41) is 19.7. The lowest BCUT2D eigenvalue weighted by Gasteiger charge is -2.09. The van der Waals surface area contributed by atoms with Crippen molar-refractivity contribution in [3.8, 4) is 23.0 Å². The molecule has 13 heteroatoms. The van der Waals surface area contributed by atoms with Gasteiger partial charge in [-0.3, -0.25) is 13.9 Å². The van der Waals surface area contributed by atoms with Crippen molar-refractivity contribution < 1.29 is 49.3 Å². The lowest BCUT2D eigenvalue weighted by molar-refractivity contribution is 0.0977. The van der Waals surface area contributed by atoms with E-state index < -0.39 is 49.4 Å². The van der Waals surface area contributed by atoms with Crippen LogP contribution in [0.4, 0.5) is 0 Å². The van der Waals surface area contributed by atoms with E-state index in [2.05, 4.69) is 8.37 Å². The minimum atomic E-state index is -4.88. The van der Waals surface area contributed by atoms with Crippen molar-refractivity contribution in [2.45, 2.75) is 12.8 Å². The quantitative estimate of drug-likeness (QED) is 0.346. The summed E-state index contributed by atoms with van der Waals surface area (Å²) >= 11 is 0. The molecule has 0 aromatic heterocycles. The molecule has 28 heavy (non-hydrogen) atoms. The molecular weight excluding hydrogens is 420 g/mol. The van der Waals surface area contributed by atoms with Crippen molar-refractivity contribution in [1.29, 1.82) is 0 Å². The van der Waals surface area contributed by atoms with Crippen molar-refractivity contribution in [1.82, 2.24) is 0 Å². The predicted molar refractivity (Wildman–Crippen MR) is 93.2 cm³/mol. The van der Waals surface area contributed by atoms with Gasteiger partial charge in [0.1, 0.15) is 22.8 Å². The fraction of sp³-hybridized carbons (Fsp3) is 0.133. The molecule has 0 heterocycles. The lowest BCUT2D eigenvalue weighted by Crippen LogP contribution is -2.08. The van der Waals surface area contributed by atoms with Gasteiger partial charge in [-0.2, -0.15) is 16.8 Å². The van der Waals surface area contributed by atoms with Gasteiger partial charge in [0.2, 0.25) is 0 Å². The van der Waals surface area contributed by atoms with Crippen molar-refractivity contribution in [2.75, 3.05) is 0 Å². The standard InChI is InChI=1S/C15H14O11S2/c16-12(6-3-9-1-4-10(5-2-9)25-27(19,20)21)15-13(17)7-11(8-14(15)18)26-28(22,23)24/h1-2,4-5,7-8,17-18H,3,6H2,(H,19,20,21)(H,22,23,24). The first-order valence-corrected chi connectivity index (χ1v) is 10.1. The SMILES string of the molecule is O=C(CCc1ccc(OS(=O)(=O)O)cc1)c1c(O)cc(OS(=O)(=O)O)cc1O. The Bertz CT molecular complexity index is 1060. The third-order valence-corrected chi connectivity index (χ3v) is 4.12. The highest BCUT2D eigenvalue weighted by molar-refractivity contribution is 7.81. The normalized spacial score (nSPS) is 11.8.